The Bertz CT molecular complexity index is 1240. The number of rotatable bonds is 2. The van der Waals surface area contributed by atoms with E-state index in [9.17, 15) is 4.79 Å². The van der Waals surface area contributed by atoms with Crippen molar-refractivity contribution >= 4 is 22.4 Å². The van der Waals surface area contributed by atoms with Crippen LogP contribution in [0, 0.1) is 6.92 Å². The second kappa shape index (κ2) is 5.84. The molecule has 27 heavy (non-hydrogen) atoms. The Morgan fingerprint density at radius 2 is 2.00 bits per heavy atom. The van der Waals surface area contributed by atoms with Crippen LogP contribution in [0.4, 0.5) is 5.69 Å². The summed E-state index contributed by atoms with van der Waals surface area (Å²) in [5, 5.41) is 9.37. The summed E-state index contributed by atoms with van der Waals surface area (Å²) < 4.78 is 9.29. The van der Waals surface area contributed by atoms with Crippen LogP contribution >= 0.6 is 0 Å². The minimum Gasteiger partial charge on any atom is -0.490 e. The Morgan fingerprint density at radius 3 is 2.89 bits per heavy atom. The first-order valence-electron chi connectivity index (χ1n) is 8.93. The number of fused-ring (bicyclic) bond motifs is 4. The smallest absolute Gasteiger partial charge is 0.262 e. The SMILES string of the molecule is Cc1ccc2c(c1)c(=O)n(C)c1nnc(CN3CCOc4ccccc43)n21. The Balaban J connectivity index is 1.70. The maximum atomic E-state index is 12.7. The molecule has 2 aromatic carbocycles. The van der Waals surface area contributed by atoms with Gasteiger partial charge >= 0.3 is 0 Å². The van der Waals surface area contributed by atoms with Crippen LogP contribution in [0.3, 0.4) is 0 Å². The fourth-order valence-electron chi connectivity index (χ4n) is 3.72. The van der Waals surface area contributed by atoms with E-state index in [0.717, 1.165) is 34.9 Å². The summed E-state index contributed by atoms with van der Waals surface area (Å²) in [6.45, 7) is 3.98. The molecule has 3 heterocycles. The van der Waals surface area contributed by atoms with Gasteiger partial charge < -0.3 is 9.64 Å². The lowest BCUT2D eigenvalue weighted by molar-refractivity contribution is 0.306. The summed E-state index contributed by atoms with van der Waals surface area (Å²) in [6, 6.07) is 13.9. The average molecular weight is 361 g/mol. The molecule has 0 N–H and O–H groups in total. The fraction of sp³-hybridized carbons (Fsp3) is 0.250. The van der Waals surface area contributed by atoms with Crippen molar-refractivity contribution in [3.63, 3.8) is 0 Å². The molecule has 7 heteroatoms. The van der Waals surface area contributed by atoms with E-state index < -0.39 is 0 Å². The molecule has 0 bridgehead atoms. The monoisotopic (exact) mass is 361 g/mol. The maximum absolute atomic E-state index is 12.7. The minimum atomic E-state index is -0.0585. The topological polar surface area (TPSA) is 64.7 Å². The van der Waals surface area contributed by atoms with E-state index in [1.807, 2.05) is 47.7 Å². The second-order valence-corrected chi connectivity index (χ2v) is 6.87. The van der Waals surface area contributed by atoms with Crippen molar-refractivity contribution in [1.82, 2.24) is 19.2 Å². The molecule has 0 spiro atoms. The van der Waals surface area contributed by atoms with Gasteiger partial charge in [-0.05, 0) is 31.2 Å². The zero-order valence-corrected chi connectivity index (χ0v) is 15.2. The fourth-order valence-corrected chi connectivity index (χ4v) is 3.72. The highest BCUT2D eigenvalue weighted by Crippen LogP contribution is 2.32. The van der Waals surface area contributed by atoms with Crippen LogP contribution in [-0.4, -0.2) is 32.3 Å². The maximum Gasteiger partial charge on any atom is 0.262 e. The Kier molecular flexibility index (Phi) is 3.43. The first-order valence-corrected chi connectivity index (χ1v) is 8.93. The number of aromatic nitrogens is 4. The number of benzene rings is 2. The zero-order valence-electron chi connectivity index (χ0n) is 15.2. The first-order chi connectivity index (χ1) is 13.1. The number of nitrogens with zero attached hydrogens (tertiary/aromatic N) is 5. The molecule has 0 atom stereocenters. The summed E-state index contributed by atoms with van der Waals surface area (Å²) >= 11 is 0. The summed E-state index contributed by atoms with van der Waals surface area (Å²) in [5.74, 6) is 2.23. The lowest BCUT2D eigenvalue weighted by Crippen LogP contribution is -2.33. The van der Waals surface area contributed by atoms with Gasteiger partial charge in [0.1, 0.15) is 12.4 Å². The van der Waals surface area contributed by atoms with Gasteiger partial charge in [-0.15, -0.1) is 10.2 Å². The van der Waals surface area contributed by atoms with Gasteiger partial charge in [0, 0.05) is 7.05 Å². The molecule has 0 unspecified atom stereocenters. The lowest BCUT2D eigenvalue weighted by atomic mass is 10.1. The highest BCUT2D eigenvalue weighted by Gasteiger charge is 2.21. The lowest BCUT2D eigenvalue weighted by Gasteiger charge is -2.30. The van der Waals surface area contributed by atoms with Gasteiger partial charge in [0.25, 0.3) is 5.56 Å². The summed E-state index contributed by atoms with van der Waals surface area (Å²) in [7, 11) is 1.74. The van der Waals surface area contributed by atoms with Gasteiger partial charge in [-0.2, -0.15) is 0 Å². The summed E-state index contributed by atoms with van der Waals surface area (Å²) in [4.78, 5) is 14.9. The Morgan fingerprint density at radius 1 is 1.15 bits per heavy atom. The van der Waals surface area contributed by atoms with Crippen molar-refractivity contribution in [2.75, 3.05) is 18.1 Å². The molecular formula is C20H19N5O2. The van der Waals surface area contributed by atoms with Crippen LogP contribution < -0.4 is 15.2 Å². The first kappa shape index (κ1) is 15.9. The highest BCUT2D eigenvalue weighted by molar-refractivity contribution is 5.81. The molecule has 0 aliphatic carbocycles. The third kappa shape index (κ3) is 2.38. The Labute approximate surface area is 155 Å². The predicted molar refractivity (Wildman–Crippen MR) is 103 cm³/mol. The molecule has 0 radical (unpaired) electrons. The third-order valence-electron chi connectivity index (χ3n) is 5.10. The van der Waals surface area contributed by atoms with Crippen molar-refractivity contribution in [1.29, 1.82) is 0 Å². The van der Waals surface area contributed by atoms with Crippen molar-refractivity contribution in [2.45, 2.75) is 13.5 Å². The molecule has 0 saturated carbocycles. The van der Waals surface area contributed by atoms with E-state index in [1.54, 1.807) is 11.6 Å². The number of para-hydroxylation sites is 2. The van der Waals surface area contributed by atoms with Crippen molar-refractivity contribution < 1.29 is 4.74 Å². The second-order valence-electron chi connectivity index (χ2n) is 6.87. The van der Waals surface area contributed by atoms with Crippen LogP contribution in [0.5, 0.6) is 5.75 Å². The van der Waals surface area contributed by atoms with E-state index >= 15 is 0 Å². The van der Waals surface area contributed by atoms with Crippen LogP contribution in [0.1, 0.15) is 11.4 Å². The molecule has 7 nitrogen and oxygen atoms in total. The van der Waals surface area contributed by atoms with Crippen LogP contribution in [0.2, 0.25) is 0 Å². The largest absolute Gasteiger partial charge is 0.490 e. The molecule has 136 valence electrons. The van der Waals surface area contributed by atoms with Crippen LogP contribution in [0.15, 0.2) is 47.3 Å². The van der Waals surface area contributed by atoms with Gasteiger partial charge in [-0.25, -0.2) is 0 Å². The minimum absolute atomic E-state index is 0.0585. The zero-order chi connectivity index (χ0) is 18.5. The molecule has 4 aromatic rings. The van der Waals surface area contributed by atoms with Crippen LogP contribution in [0.25, 0.3) is 16.7 Å². The van der Waals surface area contributed by atoms with Crippen molar-refractivity contribution in [3.05, 3.63) is 64.2 Å². The number of anilines is 1. The van der Waals surface area contributed by atoms with E-state index in [4.69, 9.17) is 4.74 Å². The van der Waals surface area contributed by atoms with Gasteiger partial charge in [0.2, 0.25) is 5.78 Å². The van der Waals surface area contributed by atoms with E-state index in [1.165, 1.54) is 0 Å². The molecule has 1 aliphatic rings. The number of ether oxygens (including phenoxy) is 1. The average Bonchev–Trinajstić information content (AvgIpc) is 3.10. The van der Waals surface area contributed by atoms with Crippen LogP contribution in [-0.2, 0) is 13.6 Å². The molecule has 0 amide bonds. The van der Waals surface area contributed by atoms with Crippen molar-refractivity contribution in [3.8, 4) is 5.75 Å². The number of hydrogen-bond donors (Lipinski definition) is 0. The normalized spacial score (nSPS) is 13.8. The van der Waals surface area contributed by atoms with E-state index in [2.05, 4.69) is 21.2 Å². The summed E-state index contributed by atoms with van der Waals surface area (Å²) in [6.07, 6.45) is 0. The van der Waals surface area contributed by atoms with E-state index in [-0.39, 0.29) is 5.56 Å². The standard InChI is InChI=1S/C20H19N5O2/c1-13-7-8-15-14(11-13)19(26)23(2)20-22-21-18(25(15)20)12-24-9-10-27-17-6-4-3-5-16(17)24/h3-8,11H,9-10,12H2,1-2H3. The number of hydrogen-bond acceptors (Lipinski definition) is 5. The molecule has 2 aromatic heterocycles. The molecular weight excluding hydrogens is 342 g/mol. The highest BCUT2D eigenvalue weighted by atomic mass is 16.5. The summed E-state index contributed by atoms with van der Waals surface area (Å²) in [5.41, 5.74) is 2.87. The van der Waals surface area contributed by atoms with Crippen molar-refractivity contribution in [2.24, 2.45) is 7.05 Å². The number of aryl methyl sites for hydroxylation is 2. The molecule has 0 saturated heterocycles. The molecule has 5 rings (SSSR count). The van der Waals surface area contributed by atoms with Gasteiger partial charge in [0.05, 0.1) is 29.7 Å². The molecule has 1 aliphatic heterocycles. The quantitative estimate of drug-likeness (QED) is 0.548. The Hall–Kier alpha value is -3.35. The third-order valence-corrected chi connectivity index (χ3v) is 5.10. The van der Waals surface area contributed by atoms with Gasteiger partial charge in [-0.1, -0.05) is 23.8 Å². The molecule has 0 fully saturated rings. The van der Waals surface area contributed by atoms with Gasteiger partial charge in [-0.3, -0.25) is 13.8 Å². The van der Waals surface area contributed by atoms with E-state index in [0.29, 0.717) is 24.3 Å². The predicted octanol–water partition coefficient (Wildman–Crippen LogP) is 2.29. The van der Waals surface area contributed by atoms with Gasteiger partial charge in [0.15, 0.2) is 5.82 Å².